The van der Waals surface area contributed by atoms with Gasteiger partial charge in [-0.2, -0.15) is 10.4 Å². The molecule has 0 amide bonds. The highest BCUT2D eigenvalue weighted by Crippen LogP contribution is 2.29. The van der Waals surface area contributed by atoms with Crippen molar-refractivity contribution in [1.29, 1.82) is 5.26 Å². The van der Waals surface area contributed by atoms with Crippen LogP contribution in [-0.2, 0) is 7.05 Å². The predicted octanol–water partition coefficient (Wildman–Crippen LogP) is 1.68. The summed E-state index contributed by atoms with van der Waals surface area (Å²) in [5.74, 6) is -0.482. The third-order valence-electron chi connectivity index (χ3n) is 2.28. The van der Waals surface area contributed by atoms with Crippen molar-refractivity contribution in [3.05, 3.63) is 35.9 Å². The minimum absolute atomic E-state index is 0.138. The molecule has 0 saturated heterocycles. The molecule has 0 atom stereocenters. The van der Waals surface area contributed by atoms with Crippen molar-refractivity contribution < 1.29 is 4.39 Å². The fourth-order valence-electron chi connectivity index (χ4n) is 1.51. The molecule has 0 radical (unpaired) electrons. The number of hydrogen-bond acceptors (Lipinski definition) is 3. The third kappa shape index (κ3) is 1.61. The Balaban J connectivity index is 2.66. The van der Waals surface area contributed by atoms with Crippen LogP contribution in [0.15, 0.2) is 24.5 Å². The first kappa shape index (κ1) is 10.2. The minimum Gasteiger partial charge on any atom is -0.397 e. The van der Waals surface area contributed by atoms with E-state index in [0.717, 1.165) is 6.07 Å². The highest BCUT2D eigenvalue weighted by atomic mass is 19.1. The maximum absolute atomic E-state index is 13.3. The minimum atomic E-state index is -0.482. The summed E-state index contributed by atoms with van der Waals surface area (Å²) in [5, 5.41) is 12.8. The lowest BCUT2D eigenvalue weighted by Gasteiger charge is -2.05. The van der Waals surface area contributed by atoms with E-state index in [4.69, 9.17) is 11.0 Å². The van der Waals surface area contributed by atoms with Crippen LogP contribution in [-0.4, -0.2) is 9.78 Å². The van der Waals surface area contributed by atoms with E-state index in [1.807, 2.05) is 6.07 Å². The smallest absolute Gasteiger partial charge is 0.125 e. The van der Waals surface area contributed by atoms with Crippen molar-refractivity contribution in [2.75, 3.05) is 5.73 Å². The van der Waals surface area contributed by atoms with E-state index >= 15 is 0 Å². The molecule has 2 N–H and O–H groups in total. The van der Waals surface area contributed by atoms with Crippen LogP contribution >= 0.6 is 0 Å². The number of hydrogen-bond donors (Lipinski definition) is 1. The summed E-state index contributed by atoms with van der Waals surface area (Å²) < 4.78 is 14.8. The normalized spacial score (nSPS) is 10.1. The molecule has 0 aliphatic heterocycles. The highest BCUT2D eigenvalue weighted by Gasteiger charge is 2.11. The van der Waals surface area contributed by atoms with E-state index in [-0.39, 0.29) is 11.3 Å². The number of benzene rings is 1. The van der Waals surface area contributed by atoms with Gasteiger partial charge in [-0.1, -0.05) is 0 Å². The van der Waals surface area contributed by atoms with E-state index in [1.165, 1.54) is 6.07 Å². The summed E-state index contributed by atoms with van der Waals surface area (Å²) in [5.41, 5.74) is 7.37. The summed E-state index contributed by atoms with van der Waals surface area (Å²) in [7, 11) is 1.75. The molecule has 4 nitrogen and oxygen atoms in total. The molecule has 5 heteroatoms. The van der Waals surface area contributed by atoms with Crippen molar-refractivity contribution in [2.24, 2.45) is 7.05 Å². The first-order valence-corrected chi connectivity index (χ1v) is 4.60. The van der Waals surface area contributed by atoms with Gasteiger partial charge in [0.2, 0.25) is 0 Å². The van der Waals surface area contributed by atoms with Gasteiger partial charge in [0.15, 0.2) is 0 Å². The van der Waals surface area contributed by atoms with E-state index in [2.05, 4.69) is 5.10 Å². The second kappa shape index (κ2) is 3.66. The Hall–Kier alpha value is -2.35. The summed E-state index contributed by atoms with van der Waals surface area (Å²) in [6.45, 7) is 0. The monoisotopic (exact) mass is 216 g/mol. The lowest BCUT2D eigenvalue weighted by molar-refractivity contribution is 0.628. The molecule has 1 aromatic heterocycles. The molecule has 2 rings (SSSR count). The summed E-state index contributed by atoms with van der Waals surface area (Å²) in [4.78, 5) is 0. The molecule has 0 saturated carbocycles. The molecule has 1 heterocycles. The lowest BCUT2D eigenvalue weighted by atomic mass is 10.0. The Bertz CT molecular complexity index is 580. The molecule has 80 valence electrons. The molecule has 16 heavy (non-hydrogen) atoms. The van der Waals surface area contributed by atoms with Gasteiger partial charge in [0.25, 0.3) is 0 Å². The molecule has 0 bridgehead atoms. The second-order valence-corrected chi connectivity index (χ2v) is 3.43. The topological polar surface area (TPSA) is 67.6 Å². The van der Waals surface area contributed by atoms with Crippen molar-refractivity contribution >= 4 is 5.69 Å². The molecular weight excluding hydrogens is 207 g/mol. The number of anilines is 1. The first-order valence-electron chi connectivity index (χ1n) is 4.60. The molecule has 0 aliphatic carbocycles. The number of nitrogens with two attached hydrogens (primary N) is 1. The van der Waals surface area contributed by atoms with Gasteiger partial charge in [-0.3, -0.25) is 4.68 Å². The zero-order chi connectivity index (χ0) is 11.7. The van der Waals surface area contributed by atoms with Crippen molar-refractivity contribution in [3.8, 4) is 17.2 Å². The summed E-state index contributed by atoms with van der Waals surface area (Å²) >= 11 is 0. The molecule has 0 fully saturated rings. The predicted molar refractivity (Wildman–Crippen MR) is 57.7 cm³/mol. The Morgan fingerprint density at radius 2 is 2.25 bits per heavy atom. The van der Waals surface area contributed by atoms with E-state index in [1.54, 1.807) is 24.1 Å². The van der Waals surface area contributed by atoms with Crippen molar-refractivity contribution in [2.45, 2.75) is 0 Å². The van der Waals surface area contributed by atoms with E-state index in [0.29, 0.717) is 11.1 Å². The fourth-order valence-corrected chi connectivity index (χ4v) is 1.51. The maximum Gasteiger partial charge on any atom is 0.125 e. The van der Waals surface area contributed by atoms with Crippen LogP contribution in [0.4, 0.5) is 10.1 Å². The van der Waals surface area contributed by atoms with Gasteiger partial charge in [0, 0.05) is 24.4 Å². The van der Waals surface area contributed by atoms with Crippen LogP contribution in [0.3, 0.4) is 0 Å². The maximum atomic E-state index is 13.3. The SMILES string of the molecule is Cn1cc(-c2cc(F)cc(C#N)c2N)cn1. The van der Waals surface area contributed by atoms with Gasteiger partial charge in [-0.15, -0.1) is 0 Å². The van der Waals surface area contributed by atoms with Crippen LogP contribution in [0.2, 0.25) is 0 Å². The van der Waals surface area contributed by atoms with Crippen LogP contribution in [0.5, 0.6) is 0 Å². The van der Waals surface area contributed by atoms with Gasteiger partial charge in [0.05, 0.1) is 17.4 Å². The summed E-state index contributed by atoms with van der Waals surface area (Å²) in [6, 6.07) is 4.28. The zero-order valence-corrected chi connectivity index (χ0v) is 8.61. The Morgan fingerprint density at radius 1 is 1.50 bits per heavy atom. The molecule has 0 spiro atoms. The standard InChI is InChI=1S/C11H9FN4/c1-16-6-8(5-15-16)10-3-9(12)2-7(4-13)11(10)14/h2-3,5-6H,14H2,1H3. The number of aryl methyl sites for hydroxylation is 1. The lowest BCUT2D eigenvalue weighted by Crippen LogP contribution is -1.95. The van der Waals surface area contributed by atoms with Gasteiger partial charge < -0.3 is 5.73 Å². The van der Waals surface area contributed by atoms with Crippen molar-refractivity contribution in [3.63, 3.8) is 0 Å². The summed E-state index contributed by atoms with van der Waals surface area (Å²) in [6.07, 6.45) is 3.29. The zero-order valence-electron chi connectivity index (χ0n) is 8.61. The second-order valence-electron chi connectivity index (χ2n) is 3.43. The average molecular weight is 216 g/mol. The van der Waals surface area contributed by atoms with Gasteiger partial charge in [-0.05, 0) is 12.1 Å². The van der Waals surface area contributed by atoms with Gasteiger partial charge >= 0.3 is 0 Å². The van der Waals surface area contributed by atoms with Crippen LogP contribution in [0.25, 0.3) is 11.1 Å². The first-order chi connectivity index (χ1) is 7.61. The molecular formula is C11H9FN4. The van der Waals surface area contributed by atoms with E-state index in [9.17, 15) is 4.39 Å². The van der Waals surface area contributed by atoms with E-state index < -0.39 is 5.82 Å². The number of nitrogens with zero attached hydrogens (tertiary/aromatic N) is 3. The molecule has 0 unspecified atom stereocenters. The average Bonchev–Trinajstić information content (AvgIpc) is 2.67. The molecule has 0 aliphatic rings. The molecule has 1 aromatic carbocycles. The highest BCUT2D eigenvalue weighted by molar-refractivity contribution is 5.79. The Morgan fingerprint density at radius 3 is 2.81 bits per heavy atom. The fraction of sp³-hybridized carbons (Fsp3) is 0.0909. The third-order valence-corrected chi connectivity index (χ3v) is 2.28. The number of rotatable bonds is 1. The number of aromatic nitrogens is 2. The number of nitrogen functional groups attached to an aromatic ring is 1. The molecule has 2 aromatic rings. The number of halogens is 1. The largest absolute Gasteiger partial charge is 0.397 e. The Kier molecular flexibility index (Phi) is 2.33. The van der Waals surface area contributed by atoms with Crippen LogP contribution in [0, 0.1) is 17.1 Å². The van der Waals surface area contributed by atoms with Crippen LogP contribution in [0.1, 0.15) is 5.56 Å². The van der Waals surface area contributed by atoms with Crippen molar-refractivity contribution in [1.82, 2.24) is 9.78 Å². The van der Waals surface area contributed by atoms with Gasteiger partial charge in [0.1, 0.15) is 11.9 Å². The Labute approximate surface area is 91.7 Å². The number of nitriles is 1. The quantitative estimate of drug-likeness (QED) is 0.737. The van der Waals surface area contributed by atoms with Crippen LogP contribution < -0.4 is 5.73 Å². The van der Waals surface area contributed by atoms with Gasteiger partial charge in [-0.25, -0.2) is 4.39 Å².